The Morgan fingerprint density at radius 1 is 0.426 bits per heavy atom. The van der Waals surface area contributed by atoms with Crippen molar-refractivity contribution in [1.29, 1.82) is 0 Å². The Morgan fingerprint density at radius 3 is 1.85 bits per heavy atom. The molecule has 7 aromatic carbocycles. The van der Waals surface area contributed by atoms with Gasteiger partial charge in [0.05, 0.1) is 5.69 Å². The van der Waals surface area contributed by atoms with Crippen LogP contribution in [0.2, 0.25) is 0 Å². The molecule has 0 heterocycles. The van der Waals surface area contributed by atoms with Crippen molar-refractivity contribution < 1.29 is 0 Å². The first-order valence-corrected chi connectivity index (χ1v) is 17.7. The van der Waals surface area contributed by atoms with Gasteiger partial charge in [-0.3, -0.25) is 0 Å². The van der Waals surface area contributed by atoms with Crippen molar-refractivity contribution >= 4 is 49.4 Å². The molecule has 0 N–H and O–H groups in total. The zero-order chi connectivity index (χ0) is 30.7. The van der Waals surface area contributed by atoms with Crippen LogP contribution >= 0.6 is 0 Å². The molecule has 4 saturated carbocycles. The fourth-order valence-electron chi connectivity index (χ4n) is 11.2. The predicted molar refractivity (Wildman–Crippen MR) is 197 cm³/mol. The summed E-state index contributed by atoms with van der Waals surface area (Å²) >= 11 is 0. The molecule has 5 aliphatic carbocycles. The van der Waals surface area contributed by atoms with Gasteiger partial charge in [0.15, 0.2) is 0 Å². The number of benzene rings is 7. The Morgan fingerprint density at radius 2 is 1.02 bits per heavy atom. The summed E-state index contributed by atoms with van der Waals surface area (Å²) in [5.74, 6) is 3.36. The van der Waals surface area contributed by atoms with Gasteiger partial charge in [0.25, 0.3) is 0 Å². The minimum absolute atomic E-state index is 0.141. The second-order valence-electron chi connectivity index (χ2n) is 15.0. The second-order valence-corrected chi connectivity index (χ2v) is 15.0. The van der Waals surface area contributed by atoms with E-state index >= 15 is 0 Å². The zero-order valence-corrected chi connectivity index (χ0v) is 26.6. The minimum atomic E-state index is 0.141. The van der Waals surface area contributed by atoms with Gasteiger partial charge in [-0.15, -0.1) is 0 Å². The van der Waals surface area contributed by atoms with E-state index in [4.69, 9.17) is 0 Å². The van der Waals surface area contributed by atoms with E-state index in [1.165, 1.54) is 92.6 Å². The highest BCUT2D eigenvalue weighted by molar-refractivity contribution is 6.09. The molecule has 1 spiro atoms. The first kappa shape index (κ1) is 26.2. The molecule has 0 aromatic heterocycles. The summed E-state index contributed by atoms with van der Waals surface area (Å²) in [6, 6.07) is 53.0. The fraction of sp³-hybridized carbons (Fsp3) is 0.217. The van der Waals surface area contributed by atoms with Crippen molar-refractivity contribution in [3.8, 4) is 11.1 Å². The minimum Gasteiger partial charge on any atom is -0.310 e. The van der Waals surface area contributed by atoms with Crippen LogP contribution in [-0.2, 0) is 5.41 Å². The van der Waals surface area contributed by atoms with Crippen molar-refractivity contribution in [2.45, 2.75) is 37.5 Å². The zero-order valence-electron chi connectivity index (χ0n) is 26.6. The number of hydrogen-bond donors (Lipinski definition) is 0. The van der Waals surface area contributed by atoms with Crippen molar-refractivity contribution in [3.05, 3.63) is 151 Å². The average molecular weight is 604 g/mol. The van der Waals surface area contributed by atoms with Gasteiger partial charge in [0, 0.05) is 22.2 Å². The molecule has 5 aliphatic rings. The summed E-state index contributed by atoms with van der Waals surface area (Å²) in [4.78, 5) is 2.55. The number of anilines is 3. The lowest BCUT2D eigenvalue weighted by Gasteiger charge is -2.61. The first-order valence-electron chi connectivity index (χ1n) is 17.7. The molecule has 7 aromatic rings. The van der Waals surface area contributed by atoms with Gasteiger partial charge in [0.2, 0.25) is 0 Å². The molecular weight excluding hydrogens is 567 g/mol. The smallest absolute Gasteiger partial charge is 0.0540 e. The molecule has 1 nitrogen and oxygen atoms in total. The van der Waals surface area contributed by atoms with Crippen LogP contribution in [0.1, 0.15) is 43.2 Å². The summed E-state index contributed by atoms with van der Waals surface area (Å²) in [5.41, 5.74) is 10.0. The van der Waals surface area contributed by atoms with Crippen molar-refractivity contribution in [2.75, 3.05) is 4.90 Å². The molecule has 0 amide bonds. The second kappa shape index (κ2) is 9.58. The van der Waals surface area contributed by atoms with E-state index in [1.54, 1.807) is 11.1 Å². The van der Waals surface area contributed by atoms with Gasteiger partial charge in [-0.2, -0.15) is 0 Å². The van der Waals surface area contributed by atoms with Crippen LogP contribution in [-0.4, -0.2) is 0 Å². The van der Waals surface area contributed by atoms with Crippen molar-refractivity contribution in [1.82, 2.24) is 0 Å². The Hall–Kier alpha value is -4.88. The summed E-state index contributed by atoms with van der Waals surface area (Å²) in [6.07, 6.45) is 7.07. The van der Waals surface area contributed by atoms with Gasteiger partial charge in [0.1, 0.15) is 0 Å². The highest BCUT2D eigenvalue weighted by Crippen LogP contribution is 2.69. The Labute approximate surface area is 276 Å². The molecule has 4 fully saturated rings. The lowest BCUT2D eigenvalue weighted by atomic mass is 9.43. The van der Waals surface area contributed by atoms with Crippen molar-refractivity contribution in [2.24, 2.45) is 23.7 Å². The van der Waals surface area contributed by atoms with E-state index in [2.05, 4.69) is 144 Å². The van der Waals surface area contributed by atoms with E-state index in [0.29, 0.717) is 0 Å². The molecular formula is C46H37N. The maximum Gasteiger partial charge on any atom is 0.0540 e. The molecule has 0 saturated heterocycles. The molecule has 0 radical (unpaired) electrons. The fourth-order valence-corrected chi connectivity index (χ4v) is 11.2. The monoisotopic (exact) mass is 603 g/mol. The van der Waals surface area contributed by atoms with Gasteiger partial charge < -0.3 is 4.90 Å². The van der Waals surface area contributed by atoms with E-state index in [1.807, 2.05) is 0 Å². The SMILES string of the molecule is c1ccc2c(c1)-c1ccc(N(c3ccc4c(ccc5ccccc54)c3)c3cccc4ccccc34)cc1C21C2CC3CC(C2)CC1C3. The van der Waals surface area contributed by atoms with Crippen LogP contribution in [0.15, 0.2) is 140 Å². The van der Waals surface area contributed by atoms with Crippen LogP contribution in [0.4, 0.5) is 17.1 Å². The van der Waals surface area contributed by atoms with E-state index in [-0.39, 0.29) is 5.41 Å². The van der Waals surface area contributed by atoms with Crippen LogP contribution in [0.25, 0.3) is 43.4 Å². The quantitative estimate of drug-likeness (QED) is 0.182. The van der Waals surface area contributed by atoms with E-state index in [0.717, 1.165) is 23.7 Å². The first-order chi connectivity index (χ1) is 23.3. The molecule has 4 bridgehead atoms. The lowest BCUT2D eigenvalue weighted by molar-refractivity contribution is -0.0399. The number of nitrogens with zero attached hydrogens (tertiary/aromatic N) is 1. The summed E-state index contributed by atoms with van der Waals surface area (Å²) in [6.45, 7) is 0. The highest BCUT2D eigenvalue weighted by Gasteiger charge is 2.61. The Balaban J connectivity index is 1.16. The van der Waals surface area contributed by atoms with E-state index < -0.39 is 0 Å². The van der Waals surface area contributed by atoms with Crippen LogP contribution in [0, 0.1) is 23.7 Å². The Kier molecular flexibility index (Phi) is 5.34. The number of hydrogen-bond acceptors (Lipinski definition) is 1. The van der Waals surface area contributed by atoms with Crippen LogP contribution in [0.3, 0.4) is 0 Å². The maximum absolute atomic E-state index is 2.63. The summed E-state index contributed by atoms with van der Waals surface area (Å²) < 4.78 is 0. The third-order valence-corrected chi connectivity index (χ3v) is 12.8. The molecule has 12 rings (SSSR count). The Bertz CT molecular complexity index is 2360. The number of fused-ring (bicyclic) bond motifs is 7. The third kappa shape index (κ3) is 3.55. The van der Waals surface area contributed by atoms with Gasteiger partial charge in [-0.25, -0.2) is 0 Å². The van der Waals surface area contributed by atoms with Gasteiger partial charge >= 0.3 is 0 Å². The summed E-state index contributed by atoms with van der Waals surface area (Å²) in [7, 11) is 0. The maximum atomic E-state index is 2.63. The van der Waals surface area contributed by atoms with Crippen LogP contribution in [0.5, 0.6) is 0 Å². The van der Waals surface area contributed by atoms with Gasteiger partial charge in [-0.1, -0.05) is 109 Å². The molecule has 47 heavy (non-hydrogen) atoms. The van der Waals surface area contributed by atoms with Crippen LogP contribution < -0.4 is 4.90 Å². The third-order valence-electron chi connectivity index (χ3n) is 12.8. The summed E-state index contributed by atoms with van der Waals surface area (Å²) in [5, 5.41) is 7.74. The topological polar surface area (TPSA) is 3.24 Å². The number of rotatable bonds is 3. The largest absolute Gasteiger partial charge is 0.310 e. The molecule has 0 atom stereocenters. The standard InChI is InChI=1S/C46H37N/c1-3-11-38-32(9-1)16-17-33-27-36(18-20-39(33)38)47(45-15-7-10-31-8-2-4-12-40(31)45)37-19-21-42-41-13-5-6-14-43(41)46(44(42)28-37)34-23-29-22-30(25-34)26-35(46)24-29/h1-21,27-30,34-35H,22-26H2. The molecule has 0 unspecified atom stereocenters. The highest BCUT2D eigenvalue weighted by atomic mass is 15.1. The van der Waals surface area contributed by atoms with Gasteiger partial charge in [-0.05, 0) is 135 Å². The molecule has 0 aliphatic heterocycles. The average Bonchev–Trinajstić information content (AvgIpc) is 3.40. The lowest BCUT2D eigenvalue weighted by Crippen LogP contribution is -2.55. The molecule has 1 heteroatoms. The predicted octanol–water partition coefficient (Wildman–Crippen LogP) is 12.3. The molecule has 226 valence electrons. The normalized spacial score (nSPS) is 25.1. The van der Waals surface area contributed by atoms with E-state index in [9.17, 15) is 0 Å². The van der Waals surface area contributed by atoms with Crippen molar-refractivity contribution in [3.63, 3.8) is 0 Å².